The van der Waals surface area contributed by atoms with E-state index in [-0.39, 0.29) is 18.6 Å². The number of carbonyl (C=O) groups excluding carboxylic acids is 2. The first kappa shape index (κ1) is 13.1. The fraction of sp³-hybridized carbons (Fsp3) is 0.273. The van der Waals surface area contributed by atoms with Crippen molar-refractivity contribution in [3.8, 4) is 5.75 Å². The molecule has 0 fully saturated rings. The maximum atomic E-state index is 12.8. The third kappa shape index (κ3) is 4.18. The Bertz CT molecular complexity index is 431. The van der Waals surface area contributed by atoms with Crippen LogP contribution in [-0.2, 0) is 14.3 Å². The number of carbonyl (C=O) groups is 2. The summed E-state index contributed by atoms with van der Waals surface area (Å²) in [5.41, 5.74) is 0. The summed E-state index contributed by atoms with van der Waals surface area (Å²) < 4.78 is 34.3. The maximum absolute atomic E-state index is 12.8. The molecule has 0 saturated heterocycles. The van der Waals surface area contributed by atoms with Crippen molar-refractivity contribution in [2.24, 2.45) is 0 Å². The zero-order valence-corrected chi connectivity index (χ0v) is 9.04. The van der Waals surface area contributed by atoms with Crippen molar-refractivity contribution in [3.05, 3.63) is 29.8 Å². The molecule has 1 aromatic rings. The second-order valence-corrected chi connectivity index (χ2v) is 3.13. The first-order chi connectivity index (χ1) is 8.02. The van der Waals surface area contributed by atoms with E-state index in [9.17, 15) is 18.4 Å². The Morgan fingerprint density at radius 2 is 1.76 bits per heavy atom. The van der Waals surface area contributed by atoms with E-state index in [4.69, 9.17) is 4.74 Å². The minimum atomic E-state index is -1.11. The van der Waals surface area contributed by atoms with Gasteiger partial charge in [-0.1, -0.05) is 0 Å². The molecular formula is C11H10F2O4. The fourth-order valence-corrected chi connectivity index (χ4v) is 1.03. The second-order valence-electron chi connectivity index (χ2n) is 3.13. The lowest BCUT2D eigenvalue weighted by molar-refractivity contribution is -0.144. The Kier molecular flexibility index (Phi) is 4.56. The van der Waals surface area contributed by atoms with Crippen LogP contribution in [0.3, 0.4) is 0 Å². The van der Waals surface area contributed by atoms with Crippen LogP contribution in [0.15, 0.2) is 18.2 Å². The van der Waals surface area contributed by atoms with Gasteiger partial charge in [0.2, 0.25) is 0 Å². The smallest absolute Gasteiger partial charge is 0.311 e. The minimum absolute atomic E-state index is 0.112. The number of halogens is 2. The second kappa shape index (κ2) is 5.93. The predicted molar refractivity (Wildman–Crippen MR) is 53.2 cm³/mol. The summed E-state index contributed by atoms with van der Waals surface area (Å²) in [6.07, 6.45) is -0.315. The average molecular weight is 244 g/mol. The predicted octanol–water partition coefficient (Wildman–Crippen LogP) is 1.82. The molecule has 1 rings (SSSR count). The van der Waals surface area contributed by atoms with E-state index in [1.54, 1.807) is 0 Å². The summed E-state index contributed by atoms with van der Waals surface area (Å²) in [5, 5.41) is 0. The van der Waals surface area contributed by atoms with Gasteiger partial charge in [0.15, 0.2) is 11.6 Å². The summed E-state index contributed by atoms with van der Waals surface area (Å²) in [5.74, 6) is -3.52. The first-order valence-corrected chi connectivity index (χ1v) is 4.75. The summed E-state index contributed by atoms with van der Waals surface area (Å²) in [7, 11) is 1.20. The Hall–Kier alpha value is -1.98. The maximum Gasteiger partial charge on any atom is 0.311 e. The number of methoxy groups -OCH3 is 1. The van der Waals surface area contributed by atoms with Gasteiger partial charge in [0.1, 0.15) is 5.75 Å². The number of esters is 2. The van der Waals surface area contributed by atoms with Gasteiger partial charge >= 0.3 is 11.9 Å². The fourth-order valence-electron chi connectivity index (χ4n) is 1.03. The molecule has 0 unspecified atom stereocenters. The van der Waals surface area contributed by atoms with Crippen molar-refractivity contribution in [1.82, 2.24) is 0 Å². The highest BCUT2D eigenvalue weighted by Gasteiger charge is 2.10. The van der Waals surface area contributed by atoms with Crippen molar-refractivity contribution in [2.75, 3.05) is 7.11 Å². The zero-order chi connectivity index (χ0) is 12.8. The van der Waals surface area contributed by atoms with Crippen molar-refractivity contribution < 1.29 is 27.8 Å². The largest absolute Gasteiger partial charge is 0.469 e. The molecule has 6 heteroatoms. The lowest BCUT2D eigenvalue weighted by atomic mass is 10.3. The van der Waals surface area contributed by atoms with E-state index in [2.05, 4.69) is 4.74 Å². The lowest BCUT2D eigenvalue weighted by Gasteiger charge is -2.04. The zero-order valence-electron chi connectivity index (χ0n) is 9.04. The SMILES string of the molecule is COC(=O)CCC(=O)Oc1ccc(F)c(F)c1. The van der Waals surface area contributed by atoms with Crippen LogP contribution in [0.4, 0.5) is 8.78 Å². The van der Waals surface area contributed by atoms with Crippen LogP contribution in [0.2, 0.25) is 0 Å². The van der Waals surface area contributed by atoms with E-state index < -0.39 is 23.6 Å². The Morgan fingerprint density at radius 3 is 2.35 bits per heavy atom. The molecule has 0 atom stereocenters. The van der Waals surface area contributed by atoms with Gasteiger partial charge in [-0.15, -0.1) is 0 Å². The molecule has 0 saturated carbocycles. The summed E-state index contributed by atoms with van der Waals surface area (Å²) >= 11 is 0. The number of hydrogen-bond acceptors (Lipinski definition) is 4. The normalized spacial score (nSPS) is 9.82. The summed E-state index contributed by atoms with van der Waals surface area (Å²) in [4.78, 5) is 21.9. The number of hydrogen-bond donors (Lipinski definition) is 0. The highest BCUT2D eigenvalue weighted by molar-refractivity contribution is 5.78. The summed E-state index contributed by atoms with van der Waals surface area (Å²) in [6, 6.07) is 2.72. The molecule has 0 bridgehead atoms. The number of rotatable bonds is 4. The molecule has 0 aliphatic rings. The Morgan fingerprint density at radius 1 is 1.12 bits per heavy atom. The van der Waals surface area contributed by atoms with Crippen molar-refractivity contribution in [3.63, 3.8) is 0 Å². The van der Waals surface area contributed by atoms with E-state index >= 15 is 0 Å². The molecule has 17 heavy (non-hydrogen) atoms. The first-order valence-electron chi connectivity index (χ1n) is 4.75. The molecule has 0 amide bonds. The third-order valence-corrected chi connectivity index (χ3v) is 1.88. The molecule has 0 spiro atoms. The molecule has 0 N–H and O–H groups in total. The monoisotopic (exact) mass is 244 g/mol. The van der Waals surface area contributed by atoms with E-state index in [1.807, 2.05) is 0 Å². The molecule has 0 heterocycles. The van der Waals surface area contributed by atoms with E-state index in [0.717, 1.165) is 18.2 Å². The lowest BCUT2D eigenvalue weighted by Crippen LogP contribution is -2.11. The topological polar surface area (TPSA) is 52.6 Å². The van der Waals surface area contributed by atoms with Crippen LogP contribution in [0.5, 0.6) is 5.75 Å². The van der Waals surface area contributed by atoms with Crippen LogP contribution in [0, 0.1) is 11.6 Å². The molecule has 1 aromatic carbocycles. The van der Waals surface area contributed by atoms with Gasteiger partial charge in [0.05, 0.1) is 20.0 Å². The van der Waals surface area contributed by atoms with Crippen LogP contribution in [0.1, 0.15) is 12.8 Å². The van der Waals surface area contributed by atoms with E-state index in [0.29, 0.717) is 0 Å². The van der Waals surface area contributed by atoms with E-state index in [1.165, 1.54) is 7.11 Å². The molecule has 0 aliphatic carbocycles. The van der Waals surface area contributed by atoms with Crippen molar-refractivity contribution >= 4 is 11.9 Å². The van der Waals surface area contributed by atoms with Gasteiger partial charge in [-0.3, -0.25) is 9.59 Å². The Balaban J connectivity index is 2.50. The van der Waals surface area contributed by atoms with Gasteiger partial charge in [0.25, 0.3) is 0 Å². The van der Waals surface area contributed by atoms with Crippen molar-refractivity contribution in [2.45, 2.75) is 12.8 Å². The molecule has 0 aromatic heterocycles. The molecule has 92 valence electrons. The molecular weight excluding hydrogens is 234 g/mol. The number of ether oxygens (including phenoxy) is 2. The van der Waals surface area contributed by atoms with Gasteiger partial charge in [0, 0.05) is 6.07 Å². The average Bonchev–Trinajstić information content (AvgIpc) is 2.31. The Labute approximate surface area is 96.1 Å². The molecule has 4 nitrogen and oxygen atoms in total. The highest BCUT2D eigenvalue weighted by Crippen LogP contribution is 2.16. The van der Waals surface area contributed by atoms with Crippen molar-refractivity contribution in [1.29, 1.82) is 0 Å². The van der Waals surface area contributed by atoms with Crippen LogP contribution < -0.4 is 4.74 Å². The highest BCUT2D eigenvalue weighted by atomic mass is 19.2. The van der Waals surface area contributed by atoms with Gasteiger partial charge in [-0.25, -0.2) is 8.78 Å². The quantitative estimate of drug-likeness (QED) is 0.599. The minimum Gasteiger partial charge on any atom is -0.469 e. The number of benzene rings is 1. The van der Waals surface area contributed by atoms with Crippen LogP contribution in [0.25, 0.3) is 0 Å². The standard InChI is InChI=1S/C11H10F2O4/c1-16-10(14)4-5-11(15)17-7-2-3-8(12)9(13)6-7/h2-3,6H,4-5H2,1H3. The molecule has 0 radical (unpaired) electrons. The van der Waals surface area contributed by atoms with Gasteiger partial charge < -0.3 is 9.47 Å². The van der Waals surface area contributed by atoms with Crippen LogP contribution >= 0.6 is 0 Å². The van der Waals surface area contributed by atoms with Crippen LogP contribution in [-0.4, -0.2) is 19.0 Å². The third-order valence-electron chi connectivity index (χ3n) is 1.88. The summed E-state index contributed by atoms with van der Waals surface area (Å²) in [6.45, 7) is 0. The van der Waals surface area contributed by atoms with Gasteiger partial charge in [-0.05, 0) is 12.1 Å². The van der Waals surface area contributed by atoms with Gasteiger partial charge in [-0.2, -0.15) is 0 Å². The molecule has 0 aliphatic heterocycles.